The van der Waals surface area contributed by atoms with Crippen LogP contribution in [0.2, 0.25) is 0 Å². The van der Waals surface area contributed by atoms with Crippen molar-refractivity contribution < 1.29 is 19.4 Å². The number of aromatic hydroxyl groups is 1. The molecule has 1 aromatic carbocycles. The summed E-state index contributed by atoms with van der Waals surface area (Å²) < 4.78 is 4.40. The molecule has 1 rings (SSSR count). The second kappa shape index (κ2) is 23.4. The van der Waals surface area contributed by atoms with Gasteiger partial charge in [-0.1, -0.05) is 33.8 Å². The van der Waals surface area contributed by atoms with Crippen LogP contribution >= 0.6 is 11.8 Å². The van der Waals surface area contributed by atoms with Gasteiger partial charge in [-0.05, 0) is 70.9 Å². The first-order valence-corrected chi connectivity index (χ1v) is 14.6. The number of rotatable bonds is 14. The maximum atomic E-state index is 12.0. The summed E-state index contributed by atoms with van der Waals surface area (Å²) in [6, 6.07) is 7.69. The Labute approximate surface area is 235 Å². The van der Waals surface area contributed by atoms with Crippen molar-refractivity contribution in [2.45, 2.75) is 73.1 Å². The van der Waals surface area contributed by atoms with Gasteiger partial charge in [-0.25, -0.2) is 0 Å². The molecule has 0 aliphatic rings. The van der Waals surface area contributed by atoms with Crippen molar-refractivity contribution in [3.05, 3.63) is 36.5 Å². The topological polar surface area (TPSA) is 106 Å². The van der Waals surface area contributed by atoms with Crippen molar-refractivity contribution in [1.29, 1.82) is 5.26 Å². The Morgan fingerprint density at radius 2 is 1.87 bits per heavy atom. The molecule has 9 heteroatoms. The van der Waals surface area contributed by atoms with Gasteiger partial charge in [-0.3, -0.25) is 14.5 Å². The van der Waals surface area contributed by atoms with Gasteiger partial charge in [0.1, 0.15) is 5.75 Å². The van der Waals surface area contributed by atoms with Crippen molar-refractivity contribution in [2.75, 3.05) is 44.4 Å². The Balaban J connectivity index is 0. The van der Waals surface area contributed by atoms with Crippen molar-refractivity contribution >= 4 is 29.3 Å². The van der Waals surface area contributed by atoms with Gasteiger partial charge in [0.05, 0.1) is 23.8 Å². The fourth-order valence-corrected chi connectivity index (χ4v) is 3.53. The molecule has 216 valence electrons. The summed E-state index contributed by atoms with van der Waals surface area (Å²) >= 11 is 1.56. The summed E-state index contributed by atoms with van der Waals surface area (Å²) in [5.74, 6) is 0.205. The minimum absolute atomic E-state index is 0.0113. The number of nitrogens with one attached hydrogen (secondary N) is 1. The second-order valence-corrected chi connectivity index (χ2v) is 9.80. The van der Waals surface area contributed by atoms with E-state index in [0.29, 0.717) is 18.9 Å². The Morgan fingerprint density at radius 1 is 1.24 bits per heavy atom. The highest BCUT2D eigenvalue weighted by atomic mass is 32.2. The lowest BCUT2D eigenvalue weighted by Gasteiger charge is -2.26. The number of hydrogen-bond acceptors (Lipinski definition) is 8. The van der Waals surface area contributed by atoms with Gasteiger partial charge in [-0.15, -0.1) is 0 Å². The van der Waals surface area contributed by atoms with Gasteiger partial charge < -0.3 is 20.1 Å². The zero-order valence-corrected chi connectivity index (χ0v) is 25.6. The molecule has 2 N–H and O–H groups in total. The number of nitriles is 1. The van der Waals surface area contributed by atoms with Crippen LogP contribution < -0.4 is 5.32 Å². The number of nitrogens with zero attached hydrogens (tertiary/aromatic N) is 3. The first-order chi connectivity index (χ1) is 18.0. The summed E-state index contributed by atoms with van der Waals surface area (Å²) in [6.45, 7) is 21.4. The van der Waals surface area contributed by atoms with Crippen LogP contribution in [0.5, 0.6) is 5.75 Å². The van der Waals surface area contributed by atoms with E-state index in [4.69, 9.17) is 5.26 Å². The van der Waals surface area contributed by atoms with Gasteiger partial charge in [0.15, 0.2) is 0 Å². The molecular formula is C29H50N4O4S. The highest BCUT2D eigenvalue weighted by Gasteiger charge is 2.20. The molecule has 0 saturated carbocycles. The number of esters is 1. The van der Waals surface area contributed by atoms with Gasteiger partial charge in [0.25, 0.3) is 0 Å². The highest BCUT2D eigenvalue weighted by Crippen LogP contribution is 2.23. The van der Waals surface area contributed by atoms with E-state index >= 15 is 0 Å². The van der Waals surface area contributed by atoms with E-state index in [1.807, 2.05) is 37.1 Å². The molecule has 1 amide bonds. The van der Waals surface area contributed by atoms with Crippen LogP contribution in [0.15, 0.2) is 31.0 Å². The number of ether oxygens (including phenoxy) is 1. The lowest BCUT2D eigenvalue weighted by atomic mass is 10.1. The van der Waals surface area contributed by atoms with E-state index in [2.05, 4.69) is 48.4 Å². The van der Waals surface area contributed by atoms with Gasteiger partial charge in [0.2, 0.25) is 5.91 Å². The van der Waals surface area contributed by atoms with Gasteiger partial charge in [0, 0.05) is 37.8 Å². The number of anilines is 1. The molecule has 0 radical (unpaired) electrons. The number of amides is 1. The summed E-state index contributed by atoms with van der Waals surface area (Å²) in [7, 11) is 0. The van der Waals surface area contributed by atoms with Crippen LogP contribution in [-0.4, -0.2) is 71.1 Å². The number of unbranched alkanes of at least 4 members (excludes halogenated alkanes) is 1. The molecule has 0 heterocycles. The monoisotopic (exact) mass is 550 g/mol. The molecule has 0 spiro atoms. The molecule has 0 fully saturated rings. The van der Waals surface area contributed by atoms with Crippen LogP contribution in [-0.2, 0) is 20.9 Å². The van der Waals surface area contributed by atoms with Crippen molar-refractivity contribution in [2.24, 2.45) is 5.92 Å². The largest absolute Gasteiger partial charge is 0.508 e. The number of thioether (sulfide) groups is 1. The third-order valence-electron chi connectivity index (χ3n) is 5.49. The average molecular weight is 551 g/mol. The smallest absolute Gasteiger partial charge is 0.302 e. The SMILES string of the molecule is C=CNc1ccc(O)c(CN(CC)CC)c1.CCCCN(CC(C)C#N)C(=O)C(C)SC.CCOC(C)=O. The Morgan fingerprint density at radius 3 is 2.29 bits per heavy atom. The van der Waals surface area contributed by atoms with Crippen molar-refractivity contribution in [1.82, 2.24) is 9.80 Å². The zero-order valence-electron chi connectivity index (χ0n) is 24.7. The predicted molar refractivity (Wildman–Crippen MR) is 160 cm³/mol. The maximum absolute atomic E-state index is 12.0. The quantitative estimate of drug-likeness (QED) is 0.218. The minimum Gasteiger partial charge on any atom is -0.508 e. The number of benzene rings is 1. The lowest BCUT2D eigenvalue weighted by molar-refractivity contribution is -0.140. The molecule has 0 aromatic heterocycles. The molecule has 0 bridgehead atoms. The molecule has 2 unspecified atom stereocenters. The van der Waals surface area contributed by atoms with E-state index in [1.165, 1.54) is 6.92 Å². The van der Waals surface area contributed by atoms with E-state index in [-0.39, 0.29) is 23.0 Å². The number of phenolic OH excluding ortho intramolecular Hbond substituents is 1. The normalized spacial score (nSPS) is 11.5. The zero-order chi connectivity index (χ0) is 29.5. The first kappa shape index (κ1) is 37.5. The first-order valence-electron chi connectivity index (χ1n) is 13.3. The van der Waals surface area contributed by atoms with Crippen molar-refractivity contribution in [3.63, 3.8) is 0 Å². The molecule has 1 aromatic rings. The molecule has 2 atom stereocenters. The van der Waals surface area contributed by atoms with E-state index in [1.54, 1.807) is 31.0 Å². The molecule has 0 aliphatic carbocycles. The minimum atomic E-state index is -0.211. The van der Waals surface area contributed by atoms with Crippen LogP contribution in [0.4, 0.5) is 5.69 Å². The van der Waals surface area contributed by atoms with Gasteiger partial charge in [-0.2, -0.15) is 17.0 Å². The fraction of sp³-hybridized carbons (Fsp3) is 0.621. The lowest BCUT2D eigenvalue weighted by Crippen LogP contribution is -2.39. The molecule has 38 heavy (non-hydrogen) atoms. The summed E-state index contributed by atoms with van der Waals surface area (Å²) in [6.07, 6.45) is 5.64. The maximum Gasteiger partial charge on any atom is 0.302 e. The third-order valence-corrected chi connectivity index (χ3v) is 6.40. The fourth-order valence-electron chi connectivity index (χ4n) is 3.18. The van der Waals surface area contributed by atoms with Crippen LogP contribution in [0.25, 0.3) is 0 Å². The molecule has 0 saturated heterocycles. The Bertz CT molecular complexity index is 840. The van der Waals surface area contributed by atoms with E-state index in [0.717, 1.165) is 50.3 Å². The highest BCUT2D eigenvalue weighted by molar-refractivity contribution is 7.99. The summed E-state index contributed by atoms with van der Waals surface area (Å²) in [5, 5.41) is 21.6. The summed E-state index contributed by atoms with van der Waals surface area (Å²) in [5.41, 5.74) is 1.89. The summed E-state index contributed by atoms with van der Waals surface area (Å²) in [4.78, 5) is 25.9. The average Bonchev–Trinajstić information content (AvgIpc) is 2.90. The van der Waals surface area contributed by atoms with E-state index in [9.17, 15) is 14.7 Å². The molecule has 0 aliphatic heterocycles. The van der Waals surface area contributed by atoms with Crippen molar-refractivity contribution in [3.8, 4) is 11.8 Å². The van der Waals surface area contributed by atoms with E-state index < -0.39 is 0 Å². The predicted octanol–water partition coefficient (Wildman–Crippen LogP) is 5.89. The number of hydrogen-bond donors (Lipinski definition) is 2. The number of carbonyl (C=O) groups is 2. The van der Waals surface area contributed by atoms with Crippen LogP contribution in [0.3, 0.4) is 0 Å². The van der Waals surface area contributed by atoms with Crippen LogP contribution in [0, 0.1) is 17.2 Å². The second-order valence-electron chi connectivity index (χ2n) is 8.62. The van der Waals surface area contributed by atoms with Crippen LogP contribution in [0.1, 0.15) is 66.9 Å². The number of phenols is 1. The number of carbonyl (C=O) groups excluding carboxylic acids is 2. The third kappa shape index (κ3) is 17.7. The standard InChI is InChI=1S/C13H20N2O.C12H22N2OS.C4H8O2/c1-4-14-12-7-8-13(16)11(9-12)10-15(5-2)6-3;1-5-6-7-14(9-10(2)8-13)12(15)11(3)16-4;1-3-6-4(2)5/h4,7-9,14,16H,1,5-6,10H2,2-3H3;10-11H,5-7,9H2,1-4H3;3H2,1-2H3. The van der Waals surface area contributed by atoms with Gasteiger partial charge >= 0.3 is 5.97 Å². The molecular weight excluding hydrogens is 500 g/mol. The Kier molecular flexibility index (Phi) is 23.1. The molecule has 8 nitrogen and oxygen atoms in total. The Hall–Kier alpha value is -2.70.